The second-order valence-corrected chi connectivity index (χ2v) is 5.78. The maximum atomic E-state index is 12.3. The zero-order valence-electron chi connectivity index (χ0n) is 14.5. The molecule has 5 heteroatoms. The molecule has 0 aliphatic heterocycles. The van der Waals surface area contributed by atoms with Crippen LogP contribution in [0.1, 0.15) is 22.3 Å². The van der Waals surface area contributed by atoms with Crippen molar-refractivity contribution in [2.24, 2.45) is 5.73 Å². The number of hydrogen-bond donors (Lipinski definition) is 3. The fourth-order valence-corrected chi connectivity index (χ4v) is 2.36. The van der Waals surface area contributed by atoms with Gasteiger partial charge in [-0.25, -0.2) is 0 Å². The minimum atomic E-state index is -0.431. The van der Waals surface area contributed by atoms with Gasteiger partial charge in [-0.05, 0) is 42.2 Å². The molecule has 0 radical (unpaired) electrons. The van der Waals surface area contributed by atoms with Crippen LogP contribution in [-0.2, 0) is 17.9 Å². The van der Waals surface area contributed by atoms with Gasteiger partial charge in [-0.1, -0.05) is 36.4 Å². The van der Waals surface area contributed by atoms with Gasteiger partial charge in [-0.15, -0.1) is 0 Å². The minimum Gasteiger partial charge on any atom is -0.386 e. The number of nitriles is 1. The van der Waals surface area contributed by atoms with Gasteiger partial charge < -0.3 is 16.4 Å². The summed E-state index contributed by atoms with van der Waals surface area (Å²) in [5, 5.41) is 15.0. The molecule has 0 saturated heterocycles. The van der Waals surface area contributed by atoms with Crippen LogP contribution in [0.2, 0.25) is 0 Å². The number of amides is 1. The van der Waals surface area contributed by atoms with Crippen LogP contribution in [0.5, 0.6) is 0 Å². The zero-order valence-corrected chi connectivity index (χ0v) is 14.5. The average molecular weight is 334 g/mol. The fraction of sp³-hybridized carbons (Fsp3) is 0.200. The Morgan fingerprint density at radius 1 is 1.20 bits per heavy atom. The average Bonchev–Trinajstić information content (AvgIpc) is 2.62. The quantitative estimate of drug-likeness (QED) is 0.559. The number of aryl methyl sites for hydroxylation is 1. The molecule has 0 saturated carbocycles. The summed E-state index contributed by atoms with van der Waals surface area (Å²) in [4.78, 5) is 12.3. The third kappa shape index (κ3) is 4.93. The molecular weight excluding hydrogens is 312 g/mol. The lowest BCUT2D eigenvalue weighted by atomic mass is 10.1. The lowest BCUT2D eigenvalue weighted by Crippen LogP contribution is -2.17. The lowest BCUT2D eigenvalue weighted by Gasteiger charge is -2.10. The molecule has 0 fully saturated rings. The molecular formula is C20H22N4O. The summed E-state index contributed by atoms with van der Waals surface area (Å²) in [6, 6.07) is 15.4. The normalized spacial score (nSPS) is 10.9. The summed E-state index contributed by atoms with van der Waals surface area (Å²) in [7, 11) is 0. The minimum absolute atomic E-state index is 0.0240. The molecule has 4 N–H and O–H groups in total. The molecule has 2 rings (SSSR count). The van der Waals surface area contributed by atoms with E-state index in [1.54, 1.807) is 0 Å². The predicted octanol–water partition coefficient (Wildman–Crippen LogP) is 2.90. The molecule has 0 aliphatic rings. The number of rotatable bonds is 6. The number of anilines is 1. The highest BCUT2D eigenvalue weighted by Crippen LogP contribution is 2.18. The van der Waals surface area contributed by atoms with E-state index in [4.69, 9.17) is 5.73 Å². The van der Waals surface area contributed by atoms with E-state index in [0.29, 0.717) is 18.8 Å². The smallest absolute Gasteiger partial charge is 0.267 e. The van der Waals surface area contributed by atoms with Crippen LogP contribution in [0.3, 0.4) is 0 Å². The first-order valence-corrected chi connectivity index (χ1v) is 8.04. The highest BCUT2D eigenvalue weighted by molar-refractivity contribution is 6.06. The van der Waals surface area contributed by atoms with E-state index in [2.05, 4.69) is 10.6 Å². The number of carbonyl (C=O) groups is 1. The molecule has 0 spiro atoms. The number of nitrogens with one attached hydrogen (secondary N) is 2. The van der Waals surface area contributed by atoms with Gasteiger partial charge in [0.25, 0.3) is 5.91 Å². The number of carbonyl (C=O) groups excluding carboxylic acids is 1. The lowest BCUT2D eigenvalue weighted by molar-refractivity contribution is -0.112. The number of hydrogen-bond acceptors (Lipinski definition) is 4. The second kappa shape index (κ2) is 8.67. The van der Waals surface area contributed by atoms with Crippen molar-refractivity contribution in [3.8, 4) is 6.07 Å². The van der Waals surface area contributed by atoms with Gasteiger partial charge >= 0.3 is 0 Å². The van der Waals surface area contributed by atoms with Crippen molar-refractivity contribution in [2.75, 3.05) is 5.32 Å². The molecule has 1 amide bonds. The Bertz CT molecular complexity index is 834. The summed E-state index contributed by atoms with van der Waals surface area (Å²) in [6.07, 6.45) is 1.44. The Kier molecular flexibility index (Phi) is 6.33. The van der Waals surface area contributed by atoms with E-state index in [1.165, 1.54) is 6.20 Å². The SMILES string of the molecule is Cc1cccc(NC(=O)/C(C#N)=C\NCc2cccc(CN)c2)c1C. The fourth-order valence-electron chi connectivity index (χ4n) is 2.36. The first-order chi connectivity index (χ1) is 12.0. The van der Waals surface area contributed by atoms with Crippen molar-refractivity contribution in [1.82, 2.24) is 5.32 Å². The summed E-state index contributed by atoms with van der Waals surface area (Å²) in [5.74, 6) is -0.431. The Balaban J connectivity index is 2.02. The molecule has 5 nitrogen and oxygen atoms in total. The van der Waals surface area contributed by atoms with Crippen molar-refractivity contribution < 1.29 is 4.79 Å². The summed E-state index contributed by atoms with van der Waals surface area (Å²) in [6.45, 7) is 4.90. The van der Waals surface area contributed by atoms with Crippen LogP contribution in [-0.4, -0.2) is 5.91 Å². The Hall–Kier alpha value is -3.10. The third-order valence-corrected chi connectivity index (χ3v) is 4.00. The maximum Gasteiger partial charge on any atom is 0.267 e. The molecule has 0 atom stereocenters. The van der Waals surface area contributed by atoms with E-state index >= 15 is 0 Å². The van der Waals surface area contributed by atoms with Crippen molar-refractivity contribution >= 4 is 11.6 Å². The van der Waals surface area contributed by atoms with Gasteiger partial charge in [0.2, 0.25) is 0 Å². The van der Waals surface area contributed by atoms with Gasteiger partial charge in [0, 0.05) is 25.0 Å². The molecule has 0 aromatic heterocycles. The van der Waals surface area contributed by atoms with Crippen LogP contribution in [0.25, 0.3) is 0 Å². The largest absolute Gasteiger partial charge is 0.386 e. The Morgan fingerprint density at radius 2 is 1.92 bits per heavy atom. The van der Waals surface area contributed by atoms with Crippen molar-refractivity contribution in [3.05, 3.63) is 76.5 Å². The third-order valence-electron chi connectivity index (χ3n) is 4.00. The molecule has 0 aliphatic carbocycles. The van der Waals surface area contributed by atoms with Crippen LogP contribution in [0.15, 0.2) is 54.2 Å². The Labute approximate surface area is 148 Å². The number of benzene rings is 2. The molecule has 128 valence electrons. The first-order valence-electron chi connectivity index (χ1n) is 8.04. The topological polar surface area (TPSA) is 90.9 Å². The second-order valence-electron chi connectivity index (χ2n) is 5.78. The molecule has 0 unspecified atom stereocenters. The van der Waals surface area contributed by atoms with Gasteiger partial charge in [0.15, 0.2) is 0 Å². The summed E-state index contributed by atoms with van der Waals surface area (Å²) in [5.41, 5.74) is 10.5. The van der Waals surface area contributed by atoms with Crippen LogP contribution in [0, 0.1) is 25.2 Å². The van der Waals surface area contributed by atoms with E-state index in [1.807, 2.05) is 62.4 Å². The van der Waals surface area contributed by atoms with E-state index in [9.17, 15) is 10.1 Å². The van der Waals surface area contributed by atoms with E-state index in [0.717, 1.165) is 22.3 Å². The van der Waals surface area contributed by atoms with Gasteiger partial charge in [0.1, 0.15) is 11.6 Å². The molecule has 2 aromatic rings. The highest BCUT2D eigenvalue weighted by atomic mass is 16.1. The summed E-state index contributed by atoms with van der Waals surface area (Å²) >= 11 is 0. The monoisotopic (exact) mass is 334 g/mol. The molecule has 0 heterocycles. The predicted molar refractivity (Wildman–Crippen MR) is 99.4 cm³/mol. The van der Waals surface area contributed by atoms with Gasteiger partial charge in [-0.3, -0.25) is 4.79 Å². The van der Waals surface area contributed by atoms with Crippen LogP contribution < -0.4 is 16.4 Å². The highest BCUT2D eigenvalue weighted by Gasteiger charge is 2.11. The molecule has 0 bridgehead atoms. The first kappa shape index (κ1) is 18.2. The van der Waals surface area contributed by atoms with Crippen LogP contribution >= 0.6 is 0 Å². The summed E-state index contributed by atoms with van der Waals surface area (Å²) < 4.78 is 0. The van der Waals surface area contributed by atoms with Crippen molar-refractivity contribution in [3.63, 3.8) is 0 Å². The van der Waals surface area contributed by atoms with Crippen LogP contribution in [0.4, 0.5) is 5.69 Å². The molecule has 2 aromatic carbocycles. The van der Waals surface area contributed by atoms with Crippen molar-refractivity contribution in [1.29, 1.82) is 5.26 Å². The zero-order chi connectivity index (χ0) is 18.2. The van der Waals surface area contributed by atoms with Gasteiger partial charge in [0.05, 0.1) is 0 Å². The van der Waals surface area contributed by atoms with E-state index in [-0.39, 0.29) is 5.57 Å². The Morgan fingerprint density at radius 3 is 2.64 bits per heavy atom. The van der Waals surface area contributed by atoms with Crippen molar-refractivity contribution in [2.45, 2.75) is 26.9 Å². The number of nitrogens with two attached hydrogens (primary N) is 1. The molecule has 25 heavy (non-hydrogen) atoms. The van der Waals surface area contributed by atoms with Gasteiger partial charge in [-0.2, -0.15) is 5.26 Å². The van der Waals surface area contributed by atoms with E-state index < -0.39 is 5.91 Å². The number of nitrogens with zero attached hydrogens (tertiary/aromatic N) is 1. The maximum absolute atomic E-state index is 12.3. The standard InChI is InChI=1S/C20H22N4O/c1-14-5-3-8-19(15(14)2)24-20(25)18(11-22)13-23-12-17-7-4-6-16(9-17)10-21/h3-9,13,23H,10,12,21H2,1-2H3,(H,24,25)/b18-13-.